The molecule has 0 amide bonds. The first-order valence-corrected chi connectivity index (χ1v) is 7.10. The molecule has 1 aromatic carbocycles. The molecule has 0 atom stereocenters. The standard InChI is InChI=1S/C16H24N4O/c1-15(2,3)11-7-10(18-13-9-17-20-19-13)8-12(14(11)21)16(4,5)6/h7-9,21H,1-6H3,(H2,17,18,19,20). The van der Waals surface area contributed by atoms with E-state index in [2.05, 4.69) is 62.3 Å². The molecule has 5 heteroatoms. The molecule has 21 heavy (non-hydrogen) atoms. The van der Waals surface area contributed by atoms with E-state index in [4.69, 9.17) is 0 Å². The lowest BCUT2D eigenvalue weighted by atomic mass is 9.79. The molecule has 2 aromatic rings. The highest BCUT2D eigenvalue weighted by Gasteiger charge is 2.26. The maximum absolute atomic E-state index is 10.6. The zero-order valence-electron chi connectivity index (χ0n) is 13.6. The molecule has 5 nitrogen and oxygen atoms in total. The summed E-state index contributed by atoms with van der Waals surface area (Å²) in [6, 6.07) is 3.94. The van der Waals surface area contributed by atoms with Crippen LogP contribution in [-0.4, -0.2) is 20.5 Å². The van der Waals surface area contributed by atoms with E-state index in [1.54, 1.807) is 6.20 Å². The van der Waals surface area contributed by atoms with Crippen molar-refractivity contribution in [3.63, 3.8) is 0 Å². The second kappa shape index (κ2) is 5.06. The third kappa shape index (κ3) is 3.35. The Labute approximate surface area is 125 Å². The monoisotopic (exact) mass is 288 g/mol. The fourth-order valence-electron chi connectivity index (χ4n) is 2.26. The van der Waals surface area contributed by atoms with Crippen LogP contribution < -0.4 is 5.32 Å². The number of nitrogens with one attached hydrogen (secondary N) is 2. The van der Waals surface area contributed by atoms with Crippen LogP contribution in [-0.2, 0) is 10.8 Å². The minimum atomic E-state index is -0.147. The van der Waals surface area contributed by atoms with Crippen molar-refractivity contribution in [2.24, 2.45) is 0 Å². The minimum Gasteiger partial charge on any atom is -0.507 e. The number of benzene rings is 1. The van der Waals surface area contributed by atoms with Crippen molar-refractivity contribution in [3.8, 4) is 5.75 Å². The molecule has 0 aliphatic rings. The van der Waals surface area contributed by atoms with Crippen molar-refractivity contribution in [1.82, 2.24) is 15.4 Å². The number of hydrogen-bond acceptors (Lipinski definition) is 4. The maximum Gasteiger partial charge on any atom is 0.172 e. The summed E-state index contributed by atoms with van der Waals surface area (Å²) in [6.45, 7) is 12.5. The first-order valence-electron chi connectivity index (χ1n) is 7.10. The predicted molar refractivity (Wildman–Crippen MR) is 85.2 cm³/mol. The highest BCUT2D eigenvalue weighted by atomic mass is 16.3. The molecule has 3 N–H and O–H groups in total. The van der Waals surface area contributed by atoms with Crippen LogP contribution in [0.1, 0.15) is 52.7 Å². The Morgan fingerprint density at radius 2 is 1.52 bits per heavy atom. The van der Waals surface area contributed by atoms with E-state index < -0.39 is 0 Å². The van der Waals surface area contributed by atoms with E-state index in [-0.39, 0.29) is 10.8 Å². The van der Waals surface area contributed by atoms with Crippen LogP contribution in [0.2, 0.25) is 0 Å². The molecule has 1 aromatic heterocycles. The average Bonchev–Trinajstić information content (AvgIpc) is 2.81. The first-order chi connectivity index (χ1) is 9.59. The van der Waals surface area contributed by atoms with E-state index in [1.807, 2.05) is 12.1 Å². The van der Waals surface area contributed by atoms with Crippen LogP contribution >= 0.6 is 0 Å². The largest absolute Gasteiger partial charge is 0.507 e. The van der Waals surface area contributed by atoms with Crippen LogP contribution in [0.5, 0.6) is 5.75 Å². The van der Waals surface area contributed by atoms with Gasteiger partial charge in [-0.3, -0.25) is 5.10 Å². The van der Waals surface area contributed by atoms with E-state index in [1.165, 1.54) is 0 Å². The third-order valence-corrected chi connectivity index (χ3v) is 3.42. The van der Waals surface area contributed by atoms with Gasteiger partial charge in [0.2, 0.25) is 0 Å². The molecular formula is C16H24N4O. The molecule has 0 bridgehead atoms. The van der Waals surface area contributed by atoms with Gasteiger partial charge in [-0.25, -0.2) is 0 Å². The van der Waals surface area contributed by atoms with Gasteiger partial charge in [-0.15, -0.1) is 5.10 Å². The quantitative estimate of drug-likeness (QED) is 0.734. The smallest absolute Gasteiger partial charge is 0.172 e. The summed E-state index contributed by atoms with van der Waals surface area (Å²) in [5.74, 6) is 1.03. The summed E-state index contributed by atoms with van der Waals surface area (Å²) in [7, 11) is 0. The zero-order valence-corrected chi connectivity index (χ0v) is 13.6. The molecular weight excluding hydrogens is 264 g/mol. The Kier molecular flexibility index (Phi) is 3.70. The van der Waals surface area contributed by atoms with Gasteiger partial charge in [0, 0.05) is 16.8 Å². The Bertz CT molecular complexity index is 584. The third-order valence-electron chi connectivity index (χ3n) is 3.42. The van der Waals surface area contributed by atoms with E-state index in [0.29, 0.717) is 11.6 Å². The zero-order chi connectivity index (χ0) is 15.8. The number of nitrogens with zero attached hydrogens (tertiary/aromatic N) is 2. The second-order valence-corrected chi connectivity index (χ2v) is 7.40. The second-order valence-electron chi connectivity index (χ2n) is 7.40. The van der Waals surface area contributed by atoms with Gasteiger partial charge in [-0.2, -0.15) is 0 Å². The number of aromatic nitrogens is 3. The van der Waals surface area contributed by atoms with Crippen molar-refractivity contribution in [3.05, 3.63) is 29.5 Å². The summed E-state index contributed by atoms with van der Waals surface area (Å²) < 4.78 is 0. The lowest BCUT2D eigenvalue weighted by Gasteiger charge is -2.28. The van der Waals surface area contributed by atoms with Crippen molar-refractivity contribution in [2.45, 2.75) is 52.4 Å². The number of phenols is 1. The van der Waals surface area contributed by atoms with Crippen molar-refractivity contribution >= 4 is 11.5 Å². The van der Waals surface area contributed by atoms with Crippen molar-refractivity contribution in [1.29, 1.82) is 0 Å². The molecule has 0 radical (unpaired) electrons. The fraction of sp³-hybridized carbons (Fsp3) is 0.500. The van der Waals surface area contributed by atoms with Crippen molar-refractivity contribution < 1.29 is 5.11 Å². The summed E-state index contributed by atoms with van der Waals surface area (Å²) in [6.07, 6.45) is 1.69. The lowest BCUT2D eigenvalue weighted by Crippen LogP contribution is -2.17. The topological polar surface area (TPSA) is 73.8 Å². The Balaban J connectivity index is 2.56. The number of rotatable bonds is 2. The van der Waals surface area contributed by atoms with E-state index in [0.717, 1.165) is 16.8 Å². The van der Waals surface area contributed by atoms with Crippen LogP contribution in [0.4, 0.5) is 11.5 Å². The molecule has 0 spiro atoms. The Morgan fingerprint density at radius 1 is 1.00 bits per heavy atom. The highest BCUT2D eigenvalue weighted by molar-refractivity contribution is 5.63. The molecule has 0 saturated carbocycles. The van der Waals surface area contributed by atoms with Gasteiger partial charge in [-0.05, 0) is 23.0 Å². The van der Waals surface area contributed by atoms with Gasteiger partial charge < -0.3 is 10.4 Å². The van der Waals surface area contributed by atoms with Gasteiger partial charge in [0.1, 0.15) is 5.75 Å². The first kappa shape index (κ1) is 15.4. The minimum absolute atomic E-state index is 0.147. The molecule has 114 valence electrons. The Morgan fingerprint density at radius 3 is 1.90 bits per heavy atom. The summed E-state index contributed by atoms with van der Waals surface area (Å²) in [4.78, 5) is 0. The summed E-state index contributed by atoms with van der Waals surface area (Å²) in [5.41, 5.74) is 2.44. The number of hydrogen-bond donors (Lipinski definition) is 3. The van der Waals surface area contributed by atoms with Crippen LogP contribution in [0.25, 0.3) is 0 Å². The van der Waals surface area contributed by atoms with E-state index >= 15 is 0 Å². The normalized spacial score (nSPS) is 12.5. The molecule has 1 heterocycles. The average molecular weight is 288 g/mol. The molecule has 2 rings (SSSR count). The van der Waals surface area contributed by atoms with Crippen LogP contribution in [0.3, 0.4) is 0 Å². The Hall–Kier alpha value is -2.04. The van der Waals surface area contributed by atoms with Gasteiger partial charge >= 0.3 is 0 Å². The number of H-pyrrole nitrogens is 1. The maximum atomic E-state index is 10.6. The molecule has 0 aliphatic carbocycles. The number of aromatic hydroxyl groups is 1. The highest BCUT2D eigenvalue weighted by Crippen LogP contribution is 2.41. The van der Waals surface area contributed by atoms with Gasteiger partial charge in [0.15, 0.2) is 5.82 Å². The van der Waals surface area contributed by atoms with Gasteiger partial charge in [-0.1, -0.05) is 46.8 Å². The van der Waals surface area contributed by atoms with Crippen molar-refractivity contribution in [2.75, 3.05) is 5.32 Å². The molecule has 0 aliphatic heterocycles. The fourth-order valence-corrected chi connectivity index (χ4v) is 2.26. The summed E-state index contributed by atoms with van der Waals surface area (Å²) in [5, 5.41) is 24.2. The predicted octanol–water partition coefficient (Wildman–Crippen LogP) is 3.85. The number of anilines is 2. The molecule has 0 saturated heterocycles. The summed E-state index contributed by atoms with van der Waals surface area (Å²) >= 11 is 0. The number of phenolic OH excluding ortho intramolecular Hbond substituents is 1. The van der Waals surface area contributed by atoms with Gasteiger partial charge in [0.25, 0.3) is 0 Å². The molecule has 0 unspecified atom stereocenters. The molecule has 0 fully saturated rings. The van der Waals surface area contributed by atoms with Gasteiger partial charge in [0.05, 0.1) is 6.20 Å². The van der Waals surface area contributed by atoms with Crippen LogP contribution in [0, 0.1) is 0 Å². The van der Waals surface area contributed by atoms with E-state index in [9.17, 15) is 5.11 Å². The number of aromatic amines is 1. The SMILES string of the molecule is CC(C)(C)c1cc(Nc2c[nH]nn2)cc(C(C)(C)C)c1O. The lowest BCUT2D eigenvalue weighted by molar-refractivity contribution is 0.423. The van der Waals surface area contributed by atoms with Crippen LogP contribution in [0.15, 0.2) is 18.3 Å².